The standard InChI is InChI=1S/C15H15BrClNO3/c1-18-14(9-3-6-21-15(9)16)10-7-12-13(8-11(10)17)20-5-2-4-19-12/h3,6-8,14,18H,2,4-5H2,1H3. The molecule has 0 spiro atoms. The number of hydrogen-bond donors (Lipinski definition) is 1. The van der Waals surface area contributed by atoms with Crippen LogP contribution in [0.3, 0.4) is 0 Å². The zero-order valence-corrected chi connectivity index (χ0v) is 13.8. The van der Waals surface area contributed by atoms with Gasteiger partial charge >= 0.3 is 0 Å². The smallest absolute Gasteiger partial charge is 0.174 e. The average Bonchev–Trinajstić information content (AvgIpc) is 2.76. The molecule has 1 atom stereocenters. The fourth-order valence-electron chi connectivity index (χ4n) is 2.41. The molecule has 4 nitrogen and oxygen atoms in total. The Kier molecular flexibility index (Phi) is 4.42. The van der Waals surface area contributed by atoms with E-state index in [1.807, 2.05) is 25.2 Å². The van der Waals surface area contributed by atoms with E-state index in [-0.39, 0.29) is 6.04 Å². The number of ether oxygens (including phenoxy) is 2. The van der Waals surface area contributed by atoms with Crippen molar-refractivity contribution in [3.63, 3.8) is 0 Å². The highest BCUT2D eigenvalue weighted by Crippen LogP contribution is 2.40. The predicted molar refractivity (Wildman–Crippen MR) is 84.4 cm³/mol. The molecule has 1 aliphatic rings. The third-order valence-electron chi connectivity index (χ3n) is 3.42. The molecular formula is C15H15BrClNO3. The van der Waals surface area contributed by atoms with Gasteiger partial charge in [-0.3, -0.25) is 0 Å². The molecule has 1 unspecified atom stereocenters. The van der Waals surface area contributed by atoms with Gasteiger partial charge in [0.2, 0.25) is 0 Å². The molecule has 6 heteroatoms. The van der Waals surface area contributed by atoms with Crippen LogP contribution in [0.4, 0.5) is 0 Å². The van der Waals surface area contributed by atoms with Crippen molar-refractivity contribution in [2.75, 3.05) is 20.3 Å². The minimum absolute atomic E-state index is 0.0946. The van der Waals surface area contributed by atoms with Gasteiger partial charge in [0.1, 0.15) is 0 Å². The number of nitrogens with one attached hydrogen (secondary N) is 1. The van der Waals surface area contributed by atoms with Crippen LogP contribution in [0.1, 0.15) is 23.6 Å². The largest absolute Gasteiger partial charge is 0.490 e. The lowest BCUT2D eigenvalue weighted by Gasteiger charge is -2.19. The van der Waals surface area contributed by atoms with Crippen LogP contribution < -0.4 is 14.8 Å². The Morgan fingerprint density at radius 2 is 1.90 bits per heavy atom. The maximum atomic E-state index is 6.44. The monoisotopic (exact) mass is 371 g/mol. The van der Waals surface area contributed by atoms with Crippen LogP contribution >= 0.6 is 27.5 Å². The van der Waals surface area contributed by atoms with E-state index in [1.54, 1.807) is 6.26 Å². The van der Waals surface area contributed by atoms with E-state index in [1.165, 1.54) is 0 Å². The fraction of sp³-hybridized carbons (Fsp3) is 0.333. The van der Waals surface area contributed by atoms with Crippen molar-refractivity contribution >= 4 is 27.5 Å². The molecule has 0 bridgehead atoms. The van der Waals surface area contributed by atoms with Gasteiger partial charge in [0, 0.05) is 23.1 Å². The number of fused-ring (bicyclic) bond motifs is 1. The third-order valence-corrected chi connectivity index (χ3v) is 4.40. The van der Waals surface area contributed by atoms with Crippen LogP contribution in [-0.4, -0.2) is 20.3 Å². The number of hydrogen-bond acceptors (Lipinski definition) is 4. The third kappa shape index (κ3) is 2.91. The van der Waals surface area contributed by atoms with Crippen molar-refractivity contribution < 1.29 is 13.9 Å². The summed E-state index contributed by atoms with van der Waals surface area (Å²) in [6.45, 7) is 1.29. The van der Waals surface area contributed by atoms with E-state index in [2.05, 4.69) is 21.2 Å². The molecule has 0 aliphatic carbocycles. The van der Waals surface area contributed by atoms with Gasteiger partial charge in [-0.05, 0) is 40.7 Å². The molecule has 1 aliphatic heterocycles. The molecule has 0 saturated carbocycles. The number of rotatable bonds is 3. The second-order valence-corrected chi connectivity index (χ2v) is 5.87. The maximum absolute atomic E-state index is 6.44. The van der Waals surface area contributed by atoms with Crippen molar-refractivity contribution in [1.29, 1.82) is 0 Å². The Morgan fingerprint density at radius 3 is 2.52 bits per heavy atom. The fourth-order valence-corrected chi connectivity index (χ4v) is 3.14. The lowest BCUT2D eigenvalue weighted by Crippen LogP contribution is -2.18. The molecule has 1 aromatic carbocycles. The second-order valence-electron chi connectivity index (χ2n) is 4.74. The van der Waals surface area contributed by atoms with Crippen molar-refractivity contribution in [2.24, 2.45) is 0 Å². The van der Waals surface area contributed by atoms with Crippen molar-refractivity contribution in [1.82, 2.24) is 5.32 Å². The zero-order chi connectivity index (χ0) is 14.8. The molecular weight excluding hydrogens is 358 g/mol. The minimum atomic E-state index is -0.0946. The van der Waals surface area contributed by atoms with Gasteiger partial charge in [-0.25, -0.2) is 0 Å². The summed E-state index contributed by atoms with van der Waals surface area (Å²) in [5.74, 6) is 1.43. The van der Waals surface area contributed by atoms with Crippen LogP contribution in [0.5, 0.6) is 11.5 Å². The van der Waals surface area contributed by atoms with Gasteiger partial charge in [0.25, 0.3) is 0 Å². The van der Waals surface area contributed by atoms with Crippen molar-refractivity contribution in [3.8, 4) is 11.5 Å². The van der Waals surface area contributed by atoms with Gasteiger partial charge in [-0.15, -0.1) is 0 Å². The Balaban J connectivity index is 2.04. The lowest BCUT2D eigenvalue weighted by atomic mass is 10.0. The second kappa shape index (κ2) is 6.30. The molecule has 0 amide bonds. The first-order valence-electron chi connectivity index (χ1n) is 6.70. The highest BCUT2D eigenvalue weighted by molar-refractivity contribution is 9.10. The van der Waals surface area contributed by atoms with E-state index >= 15 is 0 Å². The number of furan rings is 1. The summed E-state index contributed by atoms with van der Waals surface area (Å²) >= 11 is 9.85. The summed E-state index contributed by atoms with van der Waals surface area (Å²) in [6, 6.07) is 5.56. The zero-order valence-electron chi connectivity index (χ0n) is 11.5. The Bertz CT molecular complexity index is 644. The normalized spacial score (nSPS) is 15.6. The quantitative estimate of drug-likeness (QED) is 0.878. The predicted octanol–water partition coefficient (Wildman–Crippen LogP) is 4.17. The van der Waals surface area contributed by atoms with Gasteiger partial charge in [-0.1, -0.05) is 11.6 Å². The van der Waals surface area contributed by atoms with Crippen LogP contribution in [0, 0.1) is 0 Å². The Morgan fingerprint density at radius 1 is 1.19 bits per heavy atom. The summed E-state index contributed by atoms with van der Waals surface area (Å²) in [5.41, 5.74) is 1.90. The molecule has 3 rings (SSSR count). The number of halogens is 2. The molecule has 0 saturated heterocycles. The Hall–Kier alpha value is -1.17. The van der Waals surface area contributed by atoms with Crippen LogP contribution in [0.15, 0.2) is 33.5 Å². The van der Waals surface area contributed by atoms with E-state index in [0.29, 0.717) is 28.7 Å². The summed E-state index contributed by atoms with van der Waals surface area (Å²) in [6.07, 6.45) is 2.51. The van der Waals surface area contributed by atoms with E-state index in [0.717, 1.165) is 23.3 Å². The first-order valence-corrected chi connectivity index (χ1v) is 7.87. The van der Waals surface area contributed by atoms with Gasteiger partial charge in [0.05, 0.1) is 25.5 Å². The number of benzene rings is 1. The topological polar surface area (TPSA) is 43.6 Å². The molecule has 0 radical (unpaired) electrons. The Labute approximate surface area is 136 Å². The van der Waals surface area contributed by atoms with Gasteiger partial charge in [-0.2, -0.15) is 0 Å². The van der Waals surface area contributed by atoms with Gasteiger partial charge in [0.15, 0.2) is 16.2 Å². The van der Waals surface area contributed by atoms with Crippen LogP contribution in [0.25, 0.3) is 0 Å². The molecule has 2 heterocycles. The molecule has 1 aromatic heterocycles. The van der Waals surface area contributed by atoms with Crippen LogP contribution in [-0.2, 0) is 0 Å². The van der Waals surface area contributed by atoms with E-state index < -0.39 is 0 Å². The summed E-state index contributed by atoms with van der Waals surface area (Å²) in [4.78, 5) is 0. The van der Waals surface area contributed by atoms with Crippen molar-refractivity contribution in [2.45, 2.75) is 12.5 Å². The first-order chi connectivity index (χ1) is 10.2. The summed E-state index contributed by atoms with van der Waals surface area (Å²) in [5, 5.41) is 3.89. The molecule has 21 heavy (non-hydrogen) atoms. The molecule has 112 valence electrons. The SMILES string of the molecule is CNC(c1cc2c(cc1Cl)OCCCO2)c1ccoc1Br. The van der Waals surface area contributed by atoms with Crippen LogP contribution in [0.2, 0.25) is 5.02 Å². The van der Waals surface area contributed by atoms with Gasteiger partial charge < -0.3 is 19.2 Å². The molecule has 0 fully saturated rings. The first kappa shape index (κ1) is 14.8. The lowest BCUT2D eigenvalue weighted by molar-refractivity contribution is 0.297. The highest BCUT2D eigenvalue weighted by Gasteiger charge is 2.23. The van der Waals surface area contributed by atoms with E-state index in [9.17, 15) is 0 Å². The molecule has 1 N–H and O–H groups in total. The maximum Gasteiger partial charge on any atom is 0.174 e. The summed E-state index contributed by atoms with van der Waals surface area (Å²) < 4.78 is 17.4. The highest BCUT2D eigenvalue weighted by atomic mass is 79.9. The minimum Gasteiger partial charge on any atom is -0.490 e. The van der Waals surface area contributed by atoms with E-state index in [4.69, 9.17) is 25.5 Å². The summed E-state index contributed by atoms with van der Waals surface area (Å²) in [7, 11) is 1.88. The van der Waals surface area contributed by atoms with Crippen molar-refractivity contribution in [3.05, 3.63) is 45.3 Å². The molecule has 2 aromatic rings. The average molecular weight is 373 g/mol.